The van der Waals surface area contributed by atoms with E-state index in [-0.39, 0.29) is 23.7 Å². The fraction of sp³-hybridized carbons (Fsp3) is 0.154. The summed E-state index contributed by atoms with van der Waals surface area (Å²) >= 11 is 0. The molecule has 21 heavy (non-hydrogen) atoms. The van der Waals surface area contributed by atoms with Crippen LogP contribution >= 0.6 is 0 Å². The molecule has 4 rings (SSSR count). The van der Waals surface area contributed by atoms with E-state index in [1.54, 1.807) is 13.0 Å². The minimum absolute atomic E-state index is 0.0214. The van der Waals surface area contributed by atoms with Gasteiger partial charge in [-0.3, -0.25) is 4.79 Å². The van der Waals surface area contributed by atoms with Crippen LogP contribution in [0.25, 0.3) is 6.08 Å². The SMILES string of the molecule is Cc1c2cc3c(c1C=C(O)N3C(N)=O)N(C(N)=O)C(=O)C2. The first-order chi connectivity index (χ1) is 9.82. The number of anilines is 2. The predicted octanol–water partition coefficient (Wildman–Crippen LogP) is 0.718. The molecule has 0 atom stereocenters. The molecule has 3 heterocycles. The van der Waals surface area contributed by atoms with Gasteiger partial charge in [-0.15, -0.1) is 0 Å². The van der Waals surface area contributed by atoms with Crippen molar-refractivity contribution in [3.8, 4) is 0 Å². The van der Waals surface area contributed by atoms with Crippen LogP contribution in [0.2, 0.25) is 0 Å². The van der Waals surface area contributed by atoms with Crippen LogP contribution in [0.1, 0.15) is 16.7 Å². The molecule has 1 aromatic carbocycles. The number of fused-ring (bicyclic) bond motifs is 2. The molecule has 0 aromatic heterocycles. The molecule has 3 aliphatic heterocycles. The molecule has 3 aliphatic rings. The largest absolute Gasteiger partial charge is 0.494 e. The van der Waals surface area contributed by atoms with Crippen LogP contribution in [0, 0.1) is 6.92 Å². The van der Waals surface area contributed by atoms with Crippen molar-refractivity contribution in [2.75, 3.05) is 9.80 Å². The molecule has 4 bridgehead atoms. The van der Waals surface area contributed by atoms with Gasteiger partial charge >= 0.3 is 12.1 Å². The number of carbonyl (C=O) groups excluding carboxylic acids is 3. The summed E-state index contributed by atoms with van der Waals surface area (Å²) in [5.41, 5.74) is 12.7. The zero-order valence-corrected chi connectivity index (χ0v) is 11.1. The Morgan fingerprint density at radius 3 is 2.43 bits per heavy atom. The molecule has 8 heteroatoms. The van der Waals surface area contributed by atoms with Gasteiger partial charge in [0.1, 0.15) is 0 Å². The van der Waals surface area contributed by atoms with Gasteiger partial charge in [0, 0.05) is 11.6 Å². The van der Waals surface area contributed by atoms with E-state index in [0.29, 0.717) is 11.1 Å². The maximum absolute atomic E-state index is 12.2. The highest BCUT2D eigenvalue weighted by Crippen LogP contribution is 2.45. The van der Waals surface area contributed by atoms with Gasteiger partial charge < -0.3 is 16.6 Å². The average Bonchev–Trinajstić information content (AvgIpc) is 2.56. The van der Waals surface area contributed by atoms with Crippen LogP contribution in [0.5, 0.6) is 0 Å². The highest BCUT2D eigenvalue weighted by atomic mass is 16.3. The van der Waals surface area contributed by atoms with Crippen molar-refractivity contribution in [1.29, 1.82) is 0 Å². The Hall–Kier alpha value is -3.03. The number of rotatable bonds is 0. The van der Waals surface area contributed by atoms with Gasteiger partial charge in [-0.25, -0.2) is 19.4 Å². The van der Waals surface area contributed by atoms with E-state index in [4.69, 9.17) is 11.5 Å². The van der Waals surface area contributed by atoms with Crippen LogP contribution < -0.4 is 21.3 Å². The number of hydrogen-bond donors (Lipinski definition) is 3. The molecule has 1 aromatic rings. The van der Waals surface area contributed by atoms with Crippen LogP contribution in [-0.2, 0) is 11.2 Å². The Morgan fingerprint density at radius 2 is 1.86 bits per heavy atom. The average molecular weight is 288 g/mol. The summed E-state index contributed by atoms with van der Waals surface area (Å²) in [7, 11) is 0. The number of hydrogen-bond acceptors (Lipinski definition) is 4. The van der Waals surface area contributed by atoms with E-state index in [2.05, 4.69) is 0 Å². The Labute approximate surface area is 119 Å². The number of nitrogens with zero attached hydrogens (tertiary/aromatic N) is 2. The van der Waals surface area contributed by atoms with Crippen LogP contribution in [0.4, 0.5) is 21.0 Å². The first-order valence-corrected chi connectivity index (χ1v) is 6.12. The zero-order valence-electron chi connectivity index (χ0n) is 11.1. The molecule has 5 N–H and O–H groups in total. The predicted molar refractivity (Wildman–Crippen MR) is 74.6 cm³/mol. The number of imide groups is 1. The minimum Gasteiger partial charge on any atom is -0.494 e. The molecule has 0 fully saturated rings. The lowest BCUT2D eigenvalue weighted by Gasteiger charge is -2.30. The second-order valence-electron chi connectivity index (χ2n) is 4.86. The van der Waals surface area contributed by atoms with Crippen molar-refractivity contribution in [1.82, 2.24) is 0 Å². The summed E-state index contributed by atoms with van der Waals surface area (Å²) in [5, 5.41) is 9.94. The molecule has 5 amide bonds. The van der Waals surface area contributed by atoms with Crippen molar-refractivity contribution in [2.24, 2.45) is 11.5 Å². The van der Waals surface area contributed by atoms with Crippen molar-refractivity contribution in [3.63, 3.8) is 0 Å². The van der Waals surface area contributed by atoms with E-state index in [1.165, 1.54) is 6.08 Å². The molecular formula is C13H12N4O4. The number of primary amides is 2. The number of aliphatic hydroxyl groups excluding tert-OH is 1. The van der Waals surface area contributed by atoms with Crippen LogP contribution in [-0.4, -0.2) is 23.1 Å². The molecule has 8 nitrogen and oxygen atoms in total. The fourth-order valence-corrected chi connectivity index (χ4v) is 2.74. The highest BCUT2D eigenvalue weighted by Gasteiger charge is 2.38. The molecular weight excluding hydrogens is 276 g/mol. The normalized spacial score (nSPS) is 15.9. The maximum atomic E-state index is 12.2. The Balaban J connectivity index is 2.39. The Bertz CT molecular complexity index is 753. The van der Waals surface area contributed by atoms with Gasteiger partial charge in [-0.05, 0) is 24.1 Å². The molecule has 0 spiro atoms. The number of aliphatic hydroxyl groups is 1. The third-order valence-electron chi connectivity index (χ3n) is 3.69. The lowest BCUT2D eigenvalue weighted by molar-refractivity contribution is -0.117. The van der Waals surface area contributed by atoms with Gasteiger partial charge in [0.2, 0.25) is 5.91 Å². The van der Waals surface area contributed by atoms with Gasteiger partial charge in [0.05, 0.1) is 17.8 Å². The third kappa shape index (κ3) is 1.59. The number of benzene rings is 1. The number of urea groups is 2. The molecule has 0 unspecified atom stereocenters. The van der Waals surface area contributed by atoms with Crippen LogP contribution in [0.15, 0.2) is 11.9 Å². The van der Waals surface area contributed by atoms with E-state index in [0.717, 1.165) is 15.4 Å². The summed E-state index contributed by atoms with van der Waals surface area (Å²) in [6.45, 7) is 1.76. The summed E-state index contributed by atoms with van der Waals surface area (Å²) < 4.78 is 0. The monoisotopic (exact) mass is 288 g/mol. The topological polar surface area (TPSA) is 130 Å². The molecule has 0 saturated heterocycles. The van der Waals surface area contributed by atoms with Gasteiger partial charge in [0.15, 0.2) is 5.88 Å². The summed E-state index contributed by atoms with van der Waals surface area (Å²) in [5.74, 6) is -0.864. The second kappa shape index (κ2) is 3.98. The Morgan fingerprint density at radius 1 is 1.24 bits per heavy atom. The fourth-order valence-electron chi connectivity index (χ4n) is 2.74. The number of amides is 5. The molecule has 0 radical (unpaired) electrons. The molecule has 108 valence electrons. The Kier molecular flexibility index (Phi) is 2.46. The highest BCUT2D eigenvalue weighted by molar-refractivity contribution is 6.21. The van der Waals surface area contributed by atoms with E-state index < -0.39 is 18.0 Å². The van der Waals surface area contributed by atoms with Gasteiger partial charge in [-0.2, -0.15) is 0 Å². The molecule has 0 saturated carbocycles. The first-order valence-electron chi connectivity index (χ1n) is 6.12. The van der Waals surface area contributed by atoms with Crippen molar-refractivity contribution in [2.45, 2.75) is 13.3 Å². The summed E-state index contributed by atoms with van der Waals surface area (Å²) in [6.07, 6.45) is 1.27. The summed E-state index contributed by atoms with van der Waals surface area (Å²) in [4.78, 5) is 37.0. The molecule has 0 aliphatic carbocycles. The number of nitrogens with two attached hydrogens (primary N) is 2. The smallest absolute Gasteiger partial charge is 0.326 e. The van der Waals surface area contributed by atoms with E-state index >= 15 is 0 Å². The third-order valence-corrected chi connectivity index (χ3v) is 3.69. The van der Waals surface area contributed by atoms with Crippen molar-refractivity contribution < 1.29 is 19.5 Å². The minimum atomic E-state index is -0.950. The number of carbonyl (C=O) groups is 3. The lowest BCUT2D eigenvalue weighted by atomic mass is 9.96. The van der Waals surface area contributed by atoms with E-state index in [1.807, 2.05) is 0 Å². The van der Waals surface area contributed by atoms with Crippen LogP contribution in [0.3, 0.4) is 0 Å². The summed E-state index contributed by atoms with van der Waals surface area (Å²) in [6, 6.07) is -0.319. The quantitative estimate of drug-likeness (QED) is 0.649. The van der Waals surface area contributed by atoms with Gasteiger partial charge in [-0.1, -0.05) is 0 Å². The lowest BCUT2D eigenvalue weighted by Crippen LogP contribution is -2.43. The standard InChI is InChI=1S/C13H12N4O4/c1-5-6-2-8-11(17(13(15)21)9(18)3-6)7(5)4-10(19)16(8)12(14)20/h2,4,19H,3H2,1H3,(H2,14,20)(H2,15,21). The van der Waals surface area contributed by atoms with Gasteiger partial charge in [0.25, 0.3) is 0 Å². The van der Waals surface area contributed by atoms with E-state index in [9.17, 15) is 19.5 Å². The zero-order chi connectivity index (χ0) is 15.5. The maximum Gasteiger partial charge on any atom is 0.326 e. The van der Waals surface area contributed by atoms with Crippen molar-refractivity contribution in [3.05, 3.63) is 28.6 Å². The van der Waals surface area contributed by atoms with Crippen molar-refractivity contribution >= 4 is 35.4 Å². The second-order valence-corrected chi connectivity index (χ2v) is 4.86. The first kappa shape index (κ1) is 13.0.